The van der Waals surface area contributed by atoms with Gasteiger partial charge in [0.05, 0.1) is 24.1 Å². The Morgan fingerprint density at radius 1 is 1.21 bits per heavy atom. The van der Waals surface area contributed by atoms with Crippen molar-refractivity contribution in [3.8, 4) is 17.6 Å². The number of rotatable bonds is 1. The number of fused-ring (bicyclic) bond motifs is 2. The molecule has 0 spiro atoms. The van der Waals surface area contributed by atoms with Crippen molar-refractivity contribution in [2.24, 2.45) is 11.7 Å². The van der Waals surface area contributed by atoms with Gasteiger partial charge in [-0.25, -0.2) is 0 Å². The van der Waals surface area contributed by atoms with Crippen molar-refractivity contribution in [3.05, 3.63) is 96.7 Å². The molecule has 0 bridgehead atoms. The van der Waals surface area contributed by atoms with Crippen LogP contribution < -0.4 is 15.8 Å². The predicted octanol–water partition coefficient (Wildman–Crippen LogP) is 3.91. The summed E-state index contributed by atoms with van der Waals surface area (Å²) < 4.78 is 5.16. The van der Waals surface area contributed by atoms with E-state index in [9.17, 15) is 0 Å². The lowest BCUT2D eigenvalue weighted by Gasteiger charge is -2.10. The number of nitrogens with two attached hydrogens (primary N) is 1. The Balaban J connectivity index is 0.000000181. The van der Waals surface area contributed by atoms with E-state index < -0.39 is 0 Å². The van der Waals surface area contributed by atoms with Crippen molar-refractivity contribution in [2.75, 3.05) is 21.2 Å². The first-order chi connectivity index (χ1) is 16.1. The maximum atomic E-state index is 5.16. The maximum Gasteiger partial charge on any atom is 0.119 e. The molecule has 4 heterocycles. The third-order valence-electron chi connectivity index (χ3n) is 5.30. The third-order valence-corrected chi connectivity index (χ3v) is 5.30. The predicted molar refractivity (Wildman–Crippen MR) is 135 cm³/mol. The number of nitrogens with zero attached hydrogens (tertiary/aromatic N) is 3. The normalized spacial score (nSPS) is 15.4. The summed E-state index contributed by atoms with van der Waals surface area (Å²) in [6.07, 6.45) is 9.16. The van der Waals surface area contributed by atoms with Gasteiger partial charge in [-0.15, -0.1) is 0 Å². The van der Waals surface area contributed by atoms with Crippen LogP contribution in [0.2, 0.25) is 0 Å². The van der Waals surface area contributed by atoms with E-state index >= 15 is 0 Å². The van der Waals surface area contributed by atoms with Crippen molar-refractivity contribution in [3.63, 3.8) is 0 Å². The van der Waals surface area contributed by atoms with Crippen LogP contribution in [0.4, 0.5) is 0 Å². The molecule has 1 unspecified atom stereocenters. The minimum atomic E-state index is 0.0592. The average molecular weight is 440 g/mol. The van der Waals surface area contributed by atoms with E-state index in [1.54, 1.807) is 25.7 Å². The Bertz CT molecular complexity index is 1250. The first kappa shape index (κ1) is 23.6. The van der Waals surface area contributed by atoms with E-state index in [0.717, 1.165) is 40.2 Å². The molecule has 0 amide bonds. The van der Waals surface area contributed by atoms with Crippen molar-refractivity contribution in [1.82, 2.24) is 20.2 Å². The largest absolute Gasteiger partial charge is 0.497 e. The zero-order valence-electron chi connectivity index (χ0n) is 19.3. The first-order valence-corrected chi connectivity index (χ1v) is 10.5. The summed E-state index contributed by atoms with van der Waals surface area (Å²) in [5.74, 6) is 7.25. The van der Waals surface area contributed by atoms with Crippen LogP contribution >= 0.6 is 0 Å². The van der Waals surface area contributed by atoms with Gasteiger partial charge in [0.15, 0.2) is 0 Å². The van der Waals surface area contributed by atoms with Crippen LogP contribution in [0.5, 0.6) is 5.75 Å². The molecule has 168 valence electrons. The van der Waals surface area contributed by atoms with Gasteiger partial charge in [-0.2, -0.15) is 0 Å². The SMILES string of the molecule is C=C1NC=CC1C#Cc1cncc2cccnc12.C=C1c2cc(OC)ccc2CN1C.CN. The number of allylic oxidation sites excluding steroid dienone is 1. The van der Waals surface area contributed by atoms with Gasteiger partial charge in [-0.05, 0) is 49.2 Å². The van der Waals surface area contributed by atoms with Crippen LogP contribution in [-0.4, -0.2) is 36.1 Å². The standard InChI is InChI=1S/C15H11N3.C11H13NO.CH5N/c1-11-12(6-8-17-11)4-5-14-10-16-9-13-3-2-7-18-15(13)14;1-8-11-6-10(13-3)5-4-9(11)7-12(8)2;1-2/h2-3,6-10,12,17H,1H2;4-6H,1,7H2,2-3H3;2H2,1H3. The number of hydrogen-bond acceptors (Lipinski definition) is 6. The molecule has 0 fully saturated rings. The molecule has 3 aromatic rings. The van der Waals surface area contributed by atoms with Crippen molar-refractivity contribution < 1.29 is 4.74 Å². The molecular formula is C27H29N5O. The molecule has 0 saturated heterocycles. The summed E-state index contributed by atoms with van der Waals surface area (Å²) in [7, 11) is 5.23. The summed E-state index contributed by atoms with van der Waals surface area (Å²) in [4.78, 5) is 10.7. The van der Waals surface area contributed by atoms with Crippen LogP contribution in [0.1, 0.15) is 16.7 Å². The van der Waals surface area contributed by atoms with Crippen LogP contribution in [-0.2, 0) is 6.54 Å². The second-order valence-corrected chi connectivity index (χ2v) is 7.36. The second-order valence-electron chi connectivity index (χ2n) is 7.36. The Hall–Kier alpha value is -4.08. The van der Waals surface area contributed by atoms with Crippen molar-refractivity contribution in [1.29, 1.82) is 0 Å². The number of nitrogens with one attached hydrogen (secondary N) is 1. The molecule has 0 radical (unpaired) electrons. The molecule has 2 aliphatic rings. The molecule has 0 aliphatic carbocycles. The summed E-state index contributed by atoms with van der Waals surface area (Å²) in [5.41, 5.74) is 10.8. The van der Waals surface area contributed by atoms with Crippen LogP contribution in [0.15, 0.2) is 80.1 Å². The van der Waals surface area contributed by atoms with E-state index in [-0.39, 0.29) is 5.92 Å². The lowest BCUT2D eigenvalue weighted by molar-refractivity contribution is 0.414. The number of hydrogen-bond donors (Lipinski definition) is 2. The molecule has 6 heteroatoms. The minimum absolute atomic E-state index is 0.0592. The topological polar surface area (TPSA) is 76.3 Å². The Morgan fingerprint density at radius 2 is 2.03 bits per heavy atom. The number of methoxy groups -OCH3 is 1. The highest BCUT2D eigenvalue weighted by atomic mass is 16.5. The smallest absolute Gasteiger partial charge is 0.119 e. The molecule has 3 N–H and O–H groups in total. The lowest BCUT2D eigenvalue weighted by atomic mass is 10.1. The monoisotopic (exact) mass is 439 g/mol. The highest BCUT2D eigenvalue weighted by Crippen LogP contribution is 2.32. The summed E-state index contributed by atoms with van der Waals surface area (Å²) in [6, 6.07) is 10.0. The van der Waals surface area contributed by atoms with E-state index in [0.29, 0.717) is 0 Å². The van der Waals surface area contributed by atoms with Crippen molar-refractivity contribution >= 4 is 16.6 Å². The van der Waals surface area contributed by atoms with Gasteiger partial charge in [0, 0.05) is 54.5 Å². The Labute approximate surface area is 195 Å². The quantitative estimate of drug-likeness (QED) is 0.560. The van der Waals surface area contributed by atoms with Gasteiger partial charge >= 0.3 is 0 Å². The van der Waals surface area contributed by atoms with Gasteiger partial charge in [-0.3, -0.25) is 9.97 Å². The van der Waals surface area contributed by atoms with Crippen LogP contribution in [0.25, 0.3) is 16.6 Å². The van der Waals surface area contributed by atoms with Crippen molar-refractivity contribution in [2.45, 2.75) is 6.54 Å². The van der Waals surface area contributed by atoms with Crippen LogP contribution in [0, 0.1) is 17.8 Å². The van der Waals surface area contributed by atoms with E-state index in [4.69, 9.17) is 4.74 Å². The molecular weight excluding hydrogens is 410 g/mol. The first-order valence-electron chi connectivity index (χ1n) is 10.5. The zero-order valence-corrected chi connectivity index (χ0v) is 19.3. The van der Waals surface area contributed by atoms with Gasteiger partial charge in [0.25, 0.3) is 0 Å². The number of pyridine rings is 2. The summed E-state index contributed by atoms with van der Waals surface area (Å²) >= 11 is 0. The highest BCUT2D eigenvalue weighted by Gasteiger charge is 2.19. The summed E-state index contributed by atoms with van der Waals surface area (Å²) in [5, 5.41) is 4.04. The second kappa shape index (κ2) is 11.0. The Kier molecular flexibility index (Phi) is 7.85. The van der Waals surface area contributed by atoms with Gasteiger partial charge in [-0.1, -0.05) is 31.1 Å². The maximum absolute atomic E-state index is 5.16. The van der Waals surface area contributed by atoms with Gasteiger partial charge < -0.3 is 20.7 Å². The molecule has 2 aromatic heterocycles. The fourth-order valence-corrected chi connectivity index (χ4v) is 3.49. The molecule has 5 rings (SSSR count). The molecule has 0 saturated carbocycles. The van der Waals surface area contributed by atoms with Gasteiger partial charge in [0.2, 0.25) is 0 Å². The van der Waals surface area contributed by atoms with E-state index in [2.05, 4.69) is 64.0 Å². The van der Waals surface area contributed by atoms with Gasteiger partial charge in [0.1, 0.15) is 5.75 Å². The number of ether oxygens (including phenoxy) is 1. The van der Waals surface area contributed by atoms with E-state index in [1.807, 2.05) is 36.5 Å². The van der Waals surface area contributed by atoms with E-state index in [1.165, 1.54) is 18.2 Å². The molecule has 1 atom stereocenters. The third kappa shape index (κ3) is 5.40. The number of benzene rings is 1. The molecule has 1 aromatic carbocycles. The zero-order chi connectivity index (χ0) is 23.8. The molecule has 2 aliphatic heterocycles. The molecule has 33 heavy (non-hydrogen) atoms. The molecule has 6 nitrogen and oxygen atoms in total. The average Bonchev–Trinajstić information content (AvgIpc) is 3.40. The lowest BCUT2D eigenvalue weighted by Crippen LogP contribution is -2.05. The Morgan fingerprint density at radius 3 is 2.76 bits per heavy atom. The summed E-state index contributed by atoms with van der Waals surface area (Å²) in [6.45, 7) is 8.88. The fourth-order valence-electron chi connectivity index (χ4n) is 3.49. The van der Waals surface area contributed by atoms with Crippen LogP contribution in [0.3, 0.4) is 0 Å². The highest BCUT2D eigenvalue weighted by molar-refractivity contribution is 5.83. The minimum Gasteiger partial charge on any atom is -0.497 e. The fraction of sp³-hybridized carbons (Fsp3) is 0.185. The number of aromatic nitrogens is 2.